The second-order valence-corrected chi connectivity index (χ2v) is 8.28. The van der Waals surface area contributed by atoms with Crippen LogP contribution in [-0.2, 0) is 38.8 Å². The van der Waals surface area contributed by atoms with Crippen molar-refractivity contribution in [2.24, 2.45) is 0 Å². The van der Waals surface area contributed by atoms with E-state index in [9.17, 15) is 0 Å². The molecule has 0 N–H and O–H groups in total. The highest BCUT2D eigenvalue weighted by Crippen LogP contribution is 2.28. The van der Waals surface area contributed by atoms with E-state index in [0.717, 1.165) is 16.7 Å². The molecule has 1 aliphatic rings. The van der Waals surface area contributed by atoms with Crippen LogP contribution in [0.25, 0.3) is 0 Å². The average molecular weight is 449 g/mol. The molecule has 0 bridgehead atoms. The van der Waals surface area contributed by atoms with Gasteiger partial charge in [-0.25, -0.2) is 0 Å². The molecule has 1 heterocycles. The zero-order valence-corrected chi connectivity index (χ0v) is 18.9. The standard InChI is InChI=1S/C27H28O4S/c1-20-24(28-17-21-11-5-2-6-12-21)25(29-18-22-13-7-3-8-14-22)26(27(32)31-20)30-19-23-15-9-4-10-16-23/h2-16,20,24-26H,17-19H2,1H3/t20-,24-,25+,26+/m0/s1. The highest BCUT2D eigenvalue weighted by Gasteiger charge is 2.44. The molecule has 4 rings (SSSR count). The maximum atomic E-state index is 6.39. The molecule has 0 aromatic heterocycles. The molecular weight excluding hydrogens is 420 g/mol. The second kappa shape index (κ2) is 11.3. The van der Waals surface area contributed by atoms with Crippen molar-refractivity contribution in [3.8, 4) is 0 Å². The average Bonchev–Trinajstić information content (AvgIpc) is 2.83. The van der Waals surface area contributed by atoms with Crippen molar-refractivity contribution in [1.29, 1.82) is 0 Å². The van der Waals surface area contributed by atoms with Crippen molar-refractivity contribution >= 4 is 17.3 Å². The smallest absolute Gasteiger partial charge is 0.192 e. The molecule has 4 nitrogen and oxygen atoms in total. The maximum Gasteiger partial charge on any atom is 0.192 e. The third-order valence-corrected chi connectivity index (χ3v) is 5.79. The molecule has 1 saturated heterocycles. The molecule has 0 saturated carbocycles. The van der Waals surface area contributed by atoms with Gasteiger partial charge in [-0.15, -0.1) is 0 Å². The van der Waals surface area contributed by atoms with Crippen LogP contribution in [-0.4, -0.2) is 29.5 Å². The molecule has 0 spiro atoms. The molecule has 166 valence electrons. The molecule has 0 aliphatic carbocycles. The number of ether oxygens (including phenoxy) is 4. The first-order chi connectivity index (χ1) is 15.7. The second-order valence-electron chi connectivity index (χ2n) is 7.88. The van der Waals surface area contributed by atoms with Crippen molar-refractivity contribution in [2.45, 2.75) is 51.2 Å². The van der Waals surface area contributed by atoms with E-state index in [1.54, 1.807) is 0 Å². The van der Waals surface area contributed by atoms with Gasteiger partial charge in [-0.2, -0.15) is 0 Å². The summed E-state index contributed by atoms with van der Waals surface area (Å²) in [7, 11) is 0. The highest BCUT2D eigenvalue weighted by molar-refractivity contribution is 7.80. The van der Waals surface area contributed by atoms with Gasteiger partial charge in [-0.3, -0.25) is 0 Å². The van der Waals surface area contributed by atoms with Crippen LogP contribution < -0.4 is 0 Å². The van der Waals surface area contributed by atoms with Crippen LogP contribution in [0.4, 0.5) is 0 Å². The summed E-state index contributed by atoms with van der Waals surface area (Å²) in [5.41, 5.74) is 3.25. The van der Waals surface area contributed by atoms with Crippen LogP contribution in [0.15, 0.2) is 91.0 Å². The van der Waals surface area contributed by atoms with Crippen LogP contribution >= 0.6 is 12.2 Å². The minimum atomic E-state index is -0.508. The lowest BCUT2D eigenvalue weighted by Crippen LogP contribution is -2.57. The van der Waals surface area contributed by atoms with Gasteiger partial charge in [-0.05, 0) is 35.8 Å². The Bertz CT molecular complexity index is 965. The Morgan fingerprint density at radius 3 is 1.50 bits per heavy atom. The van der Waals surface area contributed by atoms with E-state index < -0.39 is 6.10 Å². The normalized spacial score (nSPS) is 23.0. The first kappa shape index (κ1) is 22.6. The minimum Gasteiger partial charge on any atom is -0.479 e. The number of thiocarbonyl (C=S) groups is 1. The Labute approximate surface area is 195 Å². The van der Waals surface area contributed by atoms with Gasteiger partial charge in [0.25, 0.3) is 0 Å². The number of benzene rings is 3. The fraction of sp³-hybridized carbons (Fsp3) is 0.296. The zero-order chi connectivity index (χ0) is 22.2. The third-order valence-electron chi connectivity index (χ3n) is 5.46. The largest absolute Gasteiger partial charge is 0.479 e. The molecular formula is C27H28O4S. The van der Waals surface area contributed by atoms with E-state index in [2.05, 4.69) is 0 Å². The van der Waals surface area contributed by atoms with Crippen molar-refractivity contribution in [1.82, 2.24) is 0 Å². The predicted molar refractivity (Wildman–Crippen MR) is 128 cm³/mol. The van der Waals surface area contributed by atoms with Crippen LogP contribution in [0.1, 0.15) is 23.6 Å². The van der Waals surface area contributed by atoms with E-state index in [4.69, 9.17) is 31.2 Å². The topological polar surface area (TPSA) is 36.9 Å². The molecule has 0 unspecified atom stereocenters. The molecule has 0 radical (unpaired) electrons. The number of hydrogen-bond acceptors (Lipinski definition) is 5. The lowest BCUT2D eigenvalue weighted by molar-refractivity contribution is -0.181. The Morgan fingerprint density at radius 1 is 0.625 bits per heavy atom. The van der Waals surface area contributed by atoms with Gasteiger partial charge >= 0.3 is 0 Å². The third kappa shape index (κ3) is 6.02. The number of rotatable bonds is 9. The molecule has 5 heteroatoms. The van der Waals surface area contributed by atoms with Gasteiger partial charge in [0.05, 0.1) is 19.8 Å². The quantitative estimate of drug-likeness (QED) is 0.405. The van der Waals surface area contributed by atoms with Crippen LogP contribution in [0.3, 0.4) is 0 Å². The molecule has 4 atom stereocenters. The fourth-order valence-corrected chi connectivity index (χ4v) is 4.11. The molecule has 3 aromatic rings. The molecule has 1 aliphatic heterocycles. The van der Waals surface area contributed by atoms with Crippen molar-refractivity contribution in [3.05, 3.63) is 108 Å². The molecule has 0 amide bonds. The SMILES string of the molecule is C[C@@H]1OC(=S)[C@H](OCc2ccccc2)[C@H](OCc2ccccc2)[C@H]1OCc1ccccc1. The zero-order valence-electron chi connectivity index (χ0n) is 18.1. The van der Waals surface area contributed by atoms with Crippen LogP contribution in [0.5, 0.6) is 0 Å². The molecule has 3 aromatic carbocycles. The summed E-state index contributed by atoms with van der Waals surface area (Å²) in [5, 5.41) is 0.408. The Hall–Kier alpha value is -2.57. The van der Waals surface area contributed by atoms with E-state index in [1.165, 1.54) is 0 Å². The maximum absolute atomic E-state index is 6.39. The van der Waals surface area contributed by atoms with E-state index in [0.29, 0.717) is 24.9 Å². The Balaban J connectivity index is 1.51. The Morgan fingerprint density at radius 2 is 1.03 bits per heavy atom. The van der Waals surface area contributed by atoms with Gasteiger partial charge < -0.3 is 18.9 Å². The molecule has 32 heavy (non-hydrogen) atoms. The summed E-state index contributed by atoms with van der Waals surface area (Å²) < 4.78 is 24.9. The molecule has 1 fully saturated rings. The van der Waals surface area contributed by atoms with Crippen molar-refractivity contribution in [2.75, 3.05) is 0 Å². The fourth-order valence-electron chi connectivity index (χ4n) is 3.76. The lowest BCUT2D eigenvalue weighted by atomic mass is 9.99. The number of hydrogen-bond donors (Lipinski definition) is 0. The monoisotopic (exact) mass is 448 g/mol. The highest BCUT2D eigenvalue weighted by atomic mass is 32.1. The van der Waals surface area contributed by atoms with Crippen molar-refractivity contribution < 1.29 is 18.9 Å². The van der Waals surface area contributed by atoms with Gasteiger partial charge in [0.2, 0.25) is 0 Å². The van der Waals surface area contributed by atoms with Gasteiger partial charge in [0.15, 0.2) is 11.2 Å². The summed E-state index contributed by atoms with van der Waals surface area (Å²) in [4.78, 5) is 0. The summed E-state index contributed by atoms with van der Waals surface area (Å²) in [5.74, 6) is 0. The minimum absolute atomic E-state index is 0.247. The predicted octanol–water partition coefficient (Wildman–Crippen LogP) is 5.49. The van der Waals surface area contributed by atoms with Gasteiger partial charge in [0, 0.05) is 0 Å². The van der Waals surface area contributed by atoms with Gasteiger partial charge in [-0.1, -0.05) is 91.0 Å². The van der Waals surface area contributed by atoms with Crippen LogP contribution in [0, 0.1) is 0 Å². The summed E-state index contributed by atoms with van der Waals surface area (Å²) >= 11 is 5.58. The van der Waals surface area contributed by atoms with Crippen LogP contribution in [0.2, 0.25) is 0 Å². The first-order valence-corrected chi connectivity index (χ1v) is 11.3. The van der Waals surface area contributed by atoms with E-state index >= 15 is 0 Å². The van der Waals surface area contributed by atoms with E-state index in [-0.39, 0.29) is 18.3 Å². The first-order valence-electron chi connectivity index (χ1n) is 10.9. The summed E-state index contributed by atoms with van der Waals surface area (Å²) in [6.07, 6.45) is -1.47. The summed E-state index contributed by atoms with van der Waals surface area (Å²) in [6, 6.07) is 30.2. The summed E-state index contributed by atoms with van der Waals surface area (Å²) in [6.45, 7) is 3.29. The Kier molecular flexibility index (Phi) is 8.02. The lowest BCUT2D eigenvalue weighted by Gasteiger charge is -2.41. The van der Waals surface area contributed by atoms with Crippen molar-refractivity contribution in [3.63, 3.8) is 0 Å². The van der Waals surface area contributed by atoms with Gasteiger partial charge in [0.1, 0.15) is 18.3 Å². The van der Waals surface area contributed by atoms with E-state index in [1.807, 2.05) is 97.9 Å².